The Morgan fingerprint density at radius 1 is 1.40 bits per heavy atom. The first-order valence-corrected chi connectivity index (χ1v) is 6.09. The number of nitrogens with two attached hydrogens (primary N) is 1. The lowest BCUT2D eigenvalue weighted by atomic mass is 9.96. The van der Waals surface area contributed by atoms with Gasteiger partial charge < -0.3 is 15.7 Å². The van der Waals surface area contributed by atoms with Crippen molar-refractivity contribution in [1.29, 1.82) is 0 Å². The highest BCUT2D eigenvalue weighted by Crippen LogP contribution is 2.34. The van der Waals surface area contributed by atoms with E-state index in [1.165, 1.54) is 0 Å². The average molecular weight is 289 g/mol. The van der Waals surface area contributed by atoms with Crippen molar-refractivity contribution in [2.24, 2.45) is 5.92 Å². The largest absolute Gasteiger partial charge is 0.481 e. The van der Waals surface area contributed by atoms with Crippen molar-refractivity contribution >= 4 is 17.5 Å². The molecule has 0 aromatic carbocycles. The number of hydrogen-bond acceptors (Lipinski definition) is 4. The summed E-state index contributed by atoms with van der Waals surface area (Å²) in [6.07, 6.45) is -3.02. The second kappa shape index (κ2) is 5.18. The van der Waals surface area contributed by atoms with Crippen LogP contribution in [-0.2, 0) is 11.0 Å². The van der Waals surface area contributed by atoms with Crippen LogP contribution >= 0.6 is 0 Å². The van der Waals surface area contributed by atoms with Crippen LogP contribution in [0, 0.1) is 5.92 Å². The molecule has 0 spiro atoms. The molecular formula is C12H14F3N3O2. The summed E-state index contributed by atoms with van der Waals surface area (Å²) >= 11 is 0. The van der Waals surface area contributed by atoms with Crippen LogP contribution in [0.2, 0.25) is 0 Å². The second-order valence-electron chi connectivity index (χ2n) is 4.73. The molecule has 1 saturated heterocycles. The molecule has 8 heteroatoms. The average Bonchev–Trinajstić information content (AvgIpc) is 2.38. The highest BCUT2D eigenvalue weighted by atomic mass is 19.4. The first-order chi connectivity index (χ1) is 9.29. The molecule has 2 rings (SSSR count). The molecule has 3 N–H and O–H groups in total. The predicted molar refractivity (Wildman–Crippen MR) is 66.2 cm³/mol. The van der Waals surface area contributed by atoms with E-state index in [0.29, 0.717) is 32.1 Å². The lowest BCUT2D eigenvalue weighted by Gasteiger charge is -2.32. The second-order valence-corrected chi connectivity index (χ2v) is 4.73. The van der Waals surface area contributed by atoms with Crippen LogP contribution in [0.1, 0.15) is 18.4 Å². The smallest absolute Gasteiger partial charge is 0.417 e. The number of nitrogens with zero attached hydrogens (tertiary/aromatic N) is 2. The molecule has 0 aliphatic carbocycles. The first-order valence-electron chi connectivity index (χ1n) is 6.09. The van der Waals surface area contributed by atoms with E-state index in [0.717, 1.165) is 6.07 Å². The van der Waals surface area contributed by atoms with Crippen molar-refractivity contribution in [3.63, 3.8) is 0 Å². The van der Waals surface area contributed by atoms with Crippen LogP contribution in [0.4, 0.5) is 24.7 Å². The Balaban J connectivity index is 2.19. The zero-order valence-corrected chi connectivity index (χ0v) is 10.5. The molecule has 0 saturated carbocycles. The highest BCUT2D eigenvalue weighted by molar-refractivity contribution is 5.71. The fourth-order valence-electron chi connectivity index (χ4n) is 2.24. The van der Waals surface area contributed by atoms with E-state index < -0.39 is 23.6 Å². The third kappa shape index (κ3) is 2.94. The molecule has 2 heterocycles. The van der Waals surface area contributed by atoms with E-state index in [4.69, 9.17) is 10.8 Å². The SMILES string of the molecule is Nc1ncc(C(F)(F)F)cc1N1CCC(C(=O)O)CC1. The third-order valence-corrected chi connectivity index (χ3v) is 3.41. The summed E-state index contributed by atoms with van der Waals surface area (Å²) < 4.78 is 38.0. The number of rotatable bonds is 2. The maximum atomic E-state index is 12.7. The Morgan fingerprint density at radius 3 is 2.50 bits per heavy atom. The molecule has 0 radical (unpaired) electrons. The Kier molecular flexibility index (Phi) is 3.74. The van der Waals surface area contributed by atoms with E-state index >= 15 is 0 Å². The summed E-state index contributed by atoms with van der Waals surface area (Å²) in [6.45, 7) is 0.703. The zero-order valence-electron chi connectivity index (χ0n) is 10.5. The summed E-state index contributed by atoms with van der Waals surface area (Å²) in [5, 5.41) is 8.90. The standard InChI is InChI=1S/C12H14F3N3O2/c13-12(14,15)8-5-9(10(16)17-6-8)18-3-1-7(2-4-18)11(19)20/h5-7H,1-4H2,(H2,16,17)(H,19,20). The third-order valence-electron chi connectivity index (χ3n) is 3.41. The Bertz CT molecular complexity index is 511. The van der Waals surface area contributed by atoms with Crippen molar-refractivity contribution in [1.82, 2.24) is 4.98 Å². The molecule has 1 aliphatic heterocycles. The van der Waals surface area contributed by atoms with Gasteiger partial charge in [-0.15, -0.1) is 0 Å². The lowest BCUT2D eigenvalue weighted by Crippen LogP contribution is -2.37. The van der Waals surface area contributed by atoms with Gasteiger partial charge in [0, 0.05) is 19.3 Å². The summed E-state index contributed by atoms with van der Waals surface area (Å²) in [5.41, 5.74) is 4.97. The van der Waals surface area contributed by atoms with E-state index in [1.807, 2.05) is 0 Å². The topological polar surface area (TPSA) is 79.5 Å². The maximum absolute atomic E-state index is 12.7. The van der Waals surface area contributed by atoms with E-state index in [1.54, 1.807) is 4.90 Å². The summed E-state index contributed by atoms with van der Waals surface area (Å²) in [6, 6.07) is 0.962. The Morgan fingerprint density at radius 2 is 2.00 bits per heavy atom. The number of aliphatic carboxylic acids is 1. The van der Waals surface area contributed by atoms with Crippen molar-refractivity contribution in [2.75, 3.05) is 23.7 Å². The van der Waals surface area contributed by atoms with Gasteiger partial charge in [0.1, 0.15) is 5.82 Å². The molecule has 1 fully saturated rings. The predicted octanol–water partition coefficient (Wildman–Crippen LogP) is 1.98. The Hall–Kier alpha value is -1.99. The molecule has 1 aliphatic rings. The summed E-state index contributed by atoms with van der Waals surface area (Å²) in [5.74, 6) is -1.31. The van der Waals surface area contributed by atoms with Crippen molar-refractivity contribution < 1.29 is 23.1 Å². The lowest BCUT2D eigenvalue weighted by molar-refractivity contribution is -0.142. The van der Waals surface area contributed by atoms with Crippen molar-refractivity contribution in [3.05, 3.63) is 17.8 Å². The van der Waals surface area contributed by atoms with Gasteiger partial charge in [-0.05, 0) is 18.9 Å². The van der Waals surface area contributed by atoms with Crippen LogP contribution < -0.4 is 10.6 Å². The van der Waals surface area contributed by atoms with Crippen molar-refractivity contribution in [2.45, 2.75) is 19.0 Å². The van der Waals surface area contributed by atoms with Crippen LogP contribution in [0.15, 0.2) is 12.3 Å². The van der Waals surface area contributed by atoms with Crippen LogP contribution in [0.3, 0.4) is 0 Å². The van der Waals surface area contributed by atoms with Gasteiger partial charge in [-0.25, -0.2) is 4.98 Å². The van der Waals surface area contributed by atoms with Crippen LogP contribution in [0.25, 0.3) is 0 Å². The number of carboxylic acids is 1. The number of aromatic nitrogens is 1. The summed E-state index contributed by atoms with van der Waals surface area (Å²) in [4.78, 5) is 16.1. The van der Waals surface area contributed by atoms with Gasteiger partial charge >= 0.3 is 12.1 Å². The van der Waals surface area contributed by atoms with Gasteiger partial charge in [0.25, 0.3) is 0 Å². The van der Waals surface area contributed by atoms with Gasteiger partial charge in [-0.1, -0.05) is 0 Å². The summed E-state index contributed by atoms with van der Waals surface area (Å²) in [7, 11) is 0. The molecule has 0 unspecified atom stereocenters. The monoisotopic (exact) mass is 289 g/mol. The molecular weight excluding hydrogens is 275 g/mol. The van der Waals surface area contributed by atoms with E-state index in [2.05, 4.69) is 4.98 Å². The fourth-order valence-corrected chi connectivity index (χ4v) is 2.24. The number of pyridine rings is 1. The van der Waals surface area contributed by atoms with Gasteiger partial charge in [0.15, 0.2) is 0 Å². The number of piperidine rings is 1. The molecule has 1 aromatic rings. The number of nitrogen functional groups attached to an aromatic ring is 1. The molecule has 5 nitrogen and oxygen atoms in total. The molecule has 1 aromatic heterocycles. The number of hydrogen-bond donors (Lipinski definition) is 2. The Labute approximate surface area is 113 Å². The molecule has 110 valence electrons. The van der Waals surface area contributed by atoms with Gasteiger partial charge in [-0.3, -0.25) is 4.79 Å². The highest BCUT2D eigenvalue weighted by Gasteiger charge is 2.33. The van der Waals surface area contributed by atoms with E-state index in [9.17, 15) is 18.0 Å². The number of anilines is 2. The number of alkyl halides is 3. The van der Waals surface area contributed by atoms with Crippen LogP contribution in [0.5, 0.6) is 0 Å². The number of carbonyl (C=O) groups is 1. The molecule has 0 bridgehead atoms. The first kappa shape index (κ1) is 14.4. The molecule has 20 heavy (non-hydrogen) atoms. The fraction of sp³-hybridized carbons (Fsp3) is 0.500. The van der Waals surface area contributed by atoms with Gasteiger partial charge in [0.05, 0.1) is 17.2 Å². The maximum Gasteiger partial charge on any atom is 0.417 e. The van der Waals surface area contributed by atoms with Crippen LogP contribution in [-0.4, -0.2) is 29.1 Å². The zero-order chi connectivity index (χ0) is 14.9. The number of halogens is 3. The molecule has 0 atom stereocenters. The van der Waals surface area contributed by atoms with Crippen molar-refractivity contribution in [3.8, 4) is 0 Å². The number of carboxylic acid groups (broad SMARTS) is 1. The minimum absolute atomic E-state index is 0.0202. The minimum Gasteiger partial charge on any atom is -0.481 e. The van der Waals surface area contributed by atoms with E-state index in [-0.39, 0.29) is 11.5 Å². The van der Waals surface area contributed by atoms with Gasteiger partial charge in [0.2, 0.25) is 0 Å². The quantitative estimate of drug-likeness (QED) is 0.870. The van der Waals surface area contributed by atoms with Gasteiger partial charge in [-0.2, -0.15) is 13.2 Å². The normalized spacial score (nSPS) is 17.2. The molecule has 0 amide bonds. The minimum atomic E-state index is -4.48.